The second-order valence-electron chi connectivity index (χ2n) is 7.64. The summed E-state index contributed by atoms with van der Waals surface area (Å²) in [6, 6.07) is 29.5. The van der Waals surface area contributed by atoms with Gasteiger partial charge in [0.05, 0.1) is 17.6 Å². The van der Waals surface area contributed by atoms with Crippen LogP contribution >= 0.6 is 0 Å². The maximum atomic E-state index is 6.25. The van der Waals surface area contributed by atoms with E-state index >= 15 is 0 Å². The monoisotopic (exact) mass is 372 g/mol. The van der Waals surface area contributed by atoms with Crippen LogP contribution in [0, 0.1) is 0 Å². The van der Waals surface area contributed by atoms with E-state index in [4.69, 9.17) is 9.40 Å². The molecule has 0 amide bonds. The van der Waals surface area contributed by atoms with Gasteiger partial charge in [0.15, 0.2) is 0 Å². The summed E-state index contributed by atoms with van der Waals surface area (Å²) < 4.78 is 8.61. The lowest BCUT2D eigenvalue weighted by Crippen LogP contribution is -2.09. The molecule has 7 rings (SSSR count). The lowest BCUT2D eigenvalue weighted by atomic mass is 9.91. The Morgan fingerprint density at radius 3 is 2.52 bits per heavy atom. The average Bonchev–Trinajstić information content (AvgIpc) is 3.33. The van der Waals surface area contributed by atoms with Gasteiger partial charge in [0.2, 0.25) is 0 Å². The Bertz CT molecular complexity index is 1570. The van der Waals surface area contributed by atoms with Crippen molar-refractivity contribution in [3.8, 4) is 22.5 Å². The normalized spacial score (nSPS) is 12.7. The highest BCUT2D eigenvalue weighted by molar-refractivity contribution is 6.20. The third-order valence-electron chi connectivity index (χ3n) is 6.02. The van der Waals surface area contributed by atoms with Gasteiger partial charge in [0.1, 0.15) is 17.0 Å². The van der Waals surface area contributed by atoms with Crippen molar-refractivity contribution in [1.29, 1.82) is 0 Å². The van der Waals surface area contributed by atoms with E-state index < -0.39 is 0 Å². The second-order valence-corrected chi connectivity index (χ2v) is 7.64. The highest BCUT2D eigenvalue weighted by atomic mass is 16.3. The summed E-state index contributed by atoms with van der Waals surface area (Å²) in [5.41, 5.74) is 8.96. The summed E-state index contributed by atoms with van der Waals surface area (Å²) in [5.74, 6) is 1.01. The summed E-state index contributed by atoms with van der Waals surface area (Å²) in [7, 11) is 0. The molecule has 0 N–H and O–H groups in total. The van der Waals surface area contributed by atoms with Gasteiger partial charge in [-0.05, 0) is 17.2 Å². The van der Waals surface area contributed by atoms with Crippen molar-refractivity contribution in [2.24, 2.45) is 0 Å². The smallest absolute Gasteiger partial charge is 0.141 e. The first-order chi connectivity index (χ1) is 14.4. The zero-order chi connectivity index (χ0) is 18.9. The van der Waals surface area contributed by atoms with Crippen LogP contribution in [0.5, 0.6) is 0 Å². The van der Waals surface area contributed by atoms with Crippen LogP contribution in [0.15, 0.2) is 89.3 Å². The quantitative estimate of drug-likeness (QED) is 0.324. The van der Waals surface area contributed by atoms with Crippen molar-refractivity contribution in [1.82, 2.24) is 9.55 Å². The maximum Gasteiger partial charge on any atom is 0.141 e. The molecule has 0 unspecified atom stereocenters. The van der Waals surface area contributed by atoms with Crippen LogP contribution in [-0.2, 0) is 6.54 Å². The Morgan fingerprint density at radius 2 is 1.59 bits per heavy atom. The average molecular weight is 372 g/mol. The standard InChI is InChI=1S/C26H16N2O/c1-2-8-16(9-3-1)26-27-20-14-22-23(19-12-6-7-13-21(19)29-22)24-18-11-5-4-10-17(18)15-28(26)25(20)24/h1-14H,15H2. The summed E-state index contributed by atoms with van der Waals surface area (Å²) in [6.45, 7) is 0.825. The van der Waals surface area contributed by atoms with Gasteiger partial charge in [-0.3, -0.25) is 0 Å². The first-order valence-corrected chi connectivity index (χ1v) is 9.87. The molecule has 4 aromatic carbocycles. The van der Waals surface area contributed by atoms with E-state index in [-0.39, 0.29) is 0 Å². The summed E-state index contributed by atoms with van der Waals surface area (Å²) >= 11 is 0. The molecule has 0 spiro atoms. The van der Waals surface area contributed by atoms with Crippen LogP contribution in [0.25, 0.3) is 55.5 Å². The fourth-order valence-corrected chi connectivity index (χ4v) is 4.80. The number of nitrogens with zero attached hydrogens (tertiary/aromatic N) is 2. The lowest BCUT2D eigenvalue weighted by Gasteiger charge is -2.21. The number of aromatic nitrogens is 2. The molecule has 136 valence electrons. The summed E-state index contributed by atoms with van der Waals surface area (Å²) in [5, 5.41) is 2.34. The number of para-hydroxylation sites is 1. The molecule has 3 heteroatoms. The Morgan fingerprint density at radius 1 is 0.793 bits per heavy atom. The molecular weight excluding hydrogens is 356 g/mol. The Hall–Kier alpha value is -3.85. The molecule has 0 saturated heterocycles. The summed E-state index contributed by atoms with van der Waals surface area (Å²) in [4.78, 5) is 5.06. The van der Waals surface area contributed by atoms with Gasteiger partial charge in [-0.25, -0.2) is 4.98 Å². The van der Waals surface area contributed by atoms with E-state index in [1.807, 2.05) is 18.2 Å². The van der Waals surface area contributed by atoms with Crippen molar-refractivity contribution in [2.45, 2.75) is 6.54 Å². The van der Waals surface area contributed by atoms with Crippen molar-refractivity contribution in [2.75, 3.05) is 0 Å². The van der Waals surface area contributed by atoms with Crippen LogP contribution in [0.3, 0.4) is 0 Å². The van der Waals surface area contributed by atoms with Crippen molar-refractivity contribution < 1.29 is 4.42 Å². The van der Waals surface area contributed by atoms with Crippen LogP contribution in [-0.4, -0.2) is 9.55 Å². The molecule has 6 aromatic rings. The van der Waals surface area contributed by atoms with Gasteiger partial charge in [0, 0.05) is 28.0 Å². The van der Waals surface area contributed by atoms with Crippen molar-refractivity contribution >= 4 is 33.0 Å². The largest absolute Gasteiger partial charge is 0.456 e. The molecule has 1 aliphatic rings. The van der Waals surface area contributed by atoms with Crippen molar-refractivity contribution in [3.63, 3.8) is 0 Å². The predicted molar refractivity (Wildman–Crippen MR) is 117 cm³/mol. The highest BCUT2D eigenvalue weighted by Crippen LogP contribution is 2.46. The van der Waals surface area contributed by atoms with Gasteiger partial charge in [-0.15, -0.1) is 0 Å². The van der Waals surface area contributed by atoms with Crippen LogP contribution < -0.4 is 0 Å². The Balaban J connectivity index is 1.72. The fraction of sp³-hybridized carbons (Fsp3) is 0.0385. The van der Waals surface area contributed by atoms with Gasteiger partial charge in [-0.2, -0.15) is 0 Å². The van der Waals surface area contributed by atoms with E-state index in [1.54, 1.807) is 0 Å². The molecule has 0 radical (unpaired) electrons. The highest BCUT2D eigenvalue weighted by Gasteiger charge is 2.27. The zero-order valence-corrected chi connectivity index (χ0v) is 15.6. The molecule has 29 heavy (non-hydrogen) atoms. The number of fused-ring (bicyclic) bond motifs is 6. The van der Waals surface area contributed by atoms with Crippen molar-refractivity contribution in [3.05, 3.63) is 90.5 Å². The molecule has 3 heterocycles. The maximum absolute atomic E-state index is 6.25. The third-order valence-corrected chi connectivity index (χ3v) is 6.02. The minimum atomic E-state index is 0.825. The molecule has 0 aliphatic carbocycles. The van der Waals surface area contributed by atoms with Gasteiger partial charge >= 0.3 is 0 Å². The second kappa shape index (κ2) is 5.36. The lowest BCUT2D eigenvalue weighted by molar-refractivity contribution is 0.669. The Labute approximate surface area is 166 Å². The SMILES string of the molecule is c1ccc(-c2nc3cc4oc5ccccc5c4c4c3n2Cc2ccccc2-4)cc1. The van der Waals surface area contributed by atoms with Gasteiger partial charge in [0.25, 0.3) is 0 Å². The first-order valence-electron chi connectivity index (χ1n) is 9.87. The van der Waals surface area contributed by atoms with E-state index in [0.717, 1.165) is 40.0 Å². The molecule has 0 atom stereocenters. The molecule has 0 saturated carbocycles. The minimum absolute atomic E-state index is 0.825. The molecule has 0 fully saturated rings. The molecule has 3 nitrogen and oxygen atoms in total. The van der Waals surface area contributed by atoms with E-state index in [2.05, 4.69) is 71.3 Å². The molecule has 0 bridgehead atoms. The predicted octanol–water partition coefficient (Wildman–Crippen LogP) is 6.63. The first kappa shape index (κ1) is 15.1. The Kier molecular flexibility index (Phi) is 2.79. The van der Waals surface area contributed by atoms with Crippen LogP contribution in [0.1, 0.15) is 5.56 Å². The molecule has 2 aromatic heterocycles. The summed E-state index contributed by atoms with van der Waals surface area (Å²) in [6.07, 6.45) is 0. The number of furan rings is 1. The molecular formula is C26H16N2O. The van der Waals surface area contributed by atoms with E-state index in [9.17, 15) is 0 Å². The number of benzene rings is 4. The van der Waals surface area contributed by atoms with Gasteiger partial charge in [-0.1, -0.05) is 72.8 Å². The van der Waals surface area contributed by atoms with Crippen LogP contribution in [0.2, 0.25) is 0 Å². The van der Waals surface area contributed by atoms with Gasteiger partial charge < -0.3 is 8.98 Å². The zero-order valence-electron chi connectivity index (χ0n) is 15.6. The number of imidazole rings is 1. The number of hydrogen-bond donors (Lipinski definition) is 0. The van der Waals surface area contributed by atoms with Crippen LogP contribution in [0.4, 0.5) is 0 Å². The fourth-order valence-electron chi connectivity index (χ4n) is 4.80. The minimum Gasteiger partial charge on any atom is -0.456 e. The third kappa shape index (κ3) is 1.94. The van der Waals surface area contributed by atoms with E-state index in [1.165, 1.54) is 27.6 Å². The topological polar surface area (TPSA) is 31.0 Å². The molecule has 1 aliphatic heterocycles. The van der Waals surface area contributed by atoms with E-state index in [0.29, 0.717) is 0 Å². The number of hydrogen-bond acceptors (Lipinski definition) is 2. The number of rotatable bonds is 1.